The first-order valence-corrected chi connectivity index (χ1v) is 9.62. The minimum Gasteiger partial charge on any atom is -0.320 e. The van der Waals surface area contributed by atoms with E-state index >= 15 is 0 Å². The van der Waals surface area contributed by atoms with Gasteiger partial charge >= 0.3 is 0 Å². The van der Waals surface area contributed by atoms with Gasteiger partial charge in [-0.1, -0.05) is 17.7 Å². The van der Waals surface area contributed by atoms with E-state index in [4.69, 9.17) is 0 Å². The zero-order valence-corrected chi connectivity index (χ0v) is 15.9. The van der Waals surface area contributed by atoms with Gasteiger partial charge in [-0.05, 0) is 64.0 Å². The average molecular weight is 330 g/mol. The van der Waals surface area contributed by atoms with Crippen LogP contribution in [-0.4, -0.2) is 36.1 Å². The molecule has 0 bridgehead atoms. The van der Waals surface area contributed by atoms with Gasteiger partial charge in [0, 0.05) is 18.5 Å². The van der Waals surface area contributed by atoms with Crippen molar-refractivity contribution in [2.24, 2.45) is 0 Å². The van der Waals surface area contributed by atoms with Crippen LogP contribution in [0.2, 0.25) is 0 Å². The quantitative estimate of drug-likeness (QED) is 0.813. The third kappa shape index (κ3) is 2.88. The molecule has 0 atom stereocenters. The fraction of sp³-hybridized carbons (Fsp3) is 0.667. The predicted molar refractivity (Wildman–Crippen MR) is 100 cm³/mol. The number of quaternary nitrogens is 1. The molecule has 2 aliphatic rings. The van der Waals surface area contributed by atoms with E-state index in [2.05, 4.69) is 45.3 Å². The first-order valence-electron chi connectivity index (χ1n) is 9.62. The van der Waals surface area contributed by atoms with Crippen LogP contribution in [0.15, 0.2) is 12.1 Å². The Hall–Kier alpha value is -1.35. The third-order valence-electron chi connectivity index (χ3n) is 6.61. The number of aryl methyl sites for hydroxylation is 3. The summed E-state index contributed by atoms with van der Waals surface area (Å²) in [7, 11) is 2.33. The van der Waals surface area contributed by atoms with Gasteiger partial charge in [0.1, 0.15) is 0 Å². The number of likely N-dealkylation sites (tertiary alicyclic amines) is 1. The molecule has 1 saturated heterocycles. The average Bonchev–Trinajstić information content (AvgIpc) is 2.67. The monoisotopic (exact) mass is 329 g/mol. The summed E-state index contributed by atoms with van der Waals surface area (Å²) in [6.07, 6.45) is 8.43. The molecule has 1 aromatic carbocycles. The Morgan fingerprint density at radius 2 is 1.50 bits per heavy atom. The minimum absolute atomic E-state index is 0.200. The van der Waals surface area contributed by atoms with Gasteiger partial charge in [0.2, 0.25) is 0 Å². The lowest BCUT2D eigenvalue weighted by Gasteiger charge is -2.54. The second-order valence-corrected chi connectivity index (χ2v) is 8.37. The van der Waals surface area contributed by atoms with E-state index in [9.17, 15) is 4.79 Å². The van der Waals surface area contributed by atoms with E-state index in [1.807, 2.05) is 0 Å². The number of likely N-dealkylation sites (N-methyl/N-ethyl adjacent to an activating group) is 1. The largest absolute Gasteiger partial charge is 0.320 e. The summed E-state index contributed by atoms with van der Waals surface area (Å²) in [4.78, 5) is 13.4. The second kappa shape index (κ2) is 6.51. The topological polar surface area (TPSA) is 29.1 Å². The molecule has 1 N–H and O–H groups in total. The normalized spacial score (nSPS) is 22.3. The Labute approximate surface area is 147 Å². The van der Waals surface area contributed by atoms with E-state index in [-0.39, 0.29) is 11.4 Å². The maximum atomic E-state index is 13.4. The molecule has 24 heavy (non-hydrogen) atoms. The predicted octanol–water partition coefficient (Wildman–Crippen LogP) is 4.49. The molecular weight excluding hydrogens is 296 g/mol. The highest BCUT2D eigenvalue weighted by atomic mass is 16.2. The molecule has 0 aromatic heterocycles. The molecule has 1 aliphatic carbocycles. The van der Waals surface area contributed by atoms with Crippen molar-refractivity contribution in [1.82, 2.24) is 0 Å². The van der Waals surface area contributed by atoms with Gasteiger partial charge in [-0.3, -0.25) is 4.79 Å². The highest BCUT2D eigenvalue weighted by Gasteiger charge is 2.58. The van der Waals surface area contributed by atoms with Crippen LogP contribution in [0.3, 0.4) is 0 Å². The van der Waals surface area contributed by atoms with Crippen molar-refractivity contribution in [3.8, 4) is 0 Å². The molecule has 1 heterocycles. The summed E-state index contributed by atoms with van der Waals surface area (Å²) in [6, 6.07) is 4.33. The smallest absolute Gasteiger partial charge is 0.285 e. The Morgan fingerprint density at radius 1 is 0.958 bits per heavy atom. The Bertz CT molecular complexity index is 600. The van der Waals surface area contributed by atoms with E-state index in [1.54, 1.807) is 0 Å². The van der Waals surface area contributed by atoms with Crippen molar-refractivity contribution >= 4 is 11.6 Å². The number of hydrogen-bond acceptors (Lipinski definition) is 1. The van der Waals surface area contributed by atoms with Crippen molar-refractivity contribution in [2.75, 3.05) is 25.5 Å². The molecule has 3 nitrogen and oxygen atoms in total. The maximum absolute atomic E-state index is 13.4. The summed E-state index contributed by atoms with van der Waals surface area (Å²) in [5.41, 5.74) is 4.43. The molecule has 1 aliphatic heterocycles. The zero-order valence-electron chi connectivity index (χ0n) is 15.9. The molecular formula is C21H33N2O+. The Balaban J connectivity index is 1.87. The van der Waals surface area contributed by atoms with Crippen LogP contribution in [0.1, 0.15) is 61.6 Å². The molecule has 2 fully saturated rings. The first kappa shape index (κ1) is 17.5. The van der Waals surface area contributed by atoms with Crippen LogP contribution in [-0.2, 0) is 4.79 Å². The molecule has 3 rings (SSSR count). The summed E-state index contributed by atoms with van der Waals surface area (Å²) in [6.45, 7) is 8.62. The van der Waals surface area contributed by atoms with E-state index in [0.29, 0.717) is 0 Å². The number of rotatable bonds is 3. The number of hydrogen-bond donors (Lipinski definition) is 1. The number of nitrogens with zero attached hydrogens (tertiary/aromatic N) is 1. The van der Waals surface area contributed by atoms with Crippen LogP contribution < -0.4 is 5.32 Å². The summed E-state index contributed by atoms with van der Waals surface area (Å²) in [5, 5.41) is 3.34. The number of nitrogens with one attached hydrogen (secondary N) is 1. The SMILES string of the molecule is Cc1cc(C)c(NC(=O)C2([N+]3(C)CCCCCC3)CCC2)c(C)c1. The molecule has 1 aromatic rings. The van der Waals surface area contributed by atoms with Crippen LogP contribution in [0.25, 0.3) is 0 Å². The number of carbonyl (C=O) groups excluding carboxylic acids is 1. The minimum atomic E-state index is -0.200. The third-order valence-corrected chi connectivity index (χ3v) is 6.61. The fourth-order valence-electron chi connectivity index (χ4n) is 4.95. The summed E-state index contributed by atoms with van der Waals surface area (Å²) in [5.74, 6) is 0.258. The lowest BCUT2D eigenvalue weighted by atomic mass is 9.72. The molecule has 0 unspecified atom stereocenters. The first-order chi connectivity index (χ1) is 11.4. The molecule has 0 radical (unpaired) electrons. The van der Waals surface area contributed by atoms with Crippen molar-refractivity contribution in [3.63, 3.8) is 0 Å². The highest BCUT2D eigenvalue weighted by Crippen LogP contribution is 2.44. The highest BCUT2D eigenvalue weighted by molar-refractivity contribution is 5.99. The van der Waals surface area contributed by atoms with Gasteiger partial charge in [0.25, 0.3) is 5.91 Å². The molecule has 1 saturated carbocycles. The number of carbonyl (C=O) groups is 1. The number of benzene rings is 1. The lowest BCUT2D eigenvalue weighted by molar-refractivity contribution is -0.954. The number of anilines is 1. The van der Waals surface area contributed by atoms with Crippen molar-refractivity contribution in [1.29, 1.82) is 0 Å². The van der Waals surface area contributed by atoms with Gasteiger partial charge in [0.15, 0.2) is 5.54 Å². The molecule has 3 heteroatoms. The van der Waals surface area contributed by atoms with Gasteiger partial charge in [-0.15, -0.1) is 0 Å². The van der Waals surface area contributed by atoms with Gasteiger partial charge in [-0.2, -0.15) is 0 Å². The number of amides is 1. The van der Waals surface area contributed by atoms with Gasteiger partial charge < -0.3 is 9.80 Å². The van der Waals surface area contributed by atoms with E-state index < -0.39 is 0 Å². The van der Waals surface area contributed by atoms with Crippen molar-refractivity contribution in [3.05, 3.63) is 28.8 Å². The van der Waals surface area contributed by atoms with Crippen molar-refractivity contribution < 1.29 is 9.28 Å². The van der Waals surface area contributed by atoms with Crippen LogP contribution in [0.5, 0.6) is 0 Å². The summed E-state index contributed by atoms with van der Waals surface area (Å²) >= 11 is 0. The van der Waals surface area contributed by atoms with E-state index in [0.717, 1.165) is 36.1 Å². The van der Waals surface area contributed by atoms with Crippen LogP contribution >= 0.6 is 0 Å². The van der Waals surface area contributed by atoms with Crippen LogP contribution in [0.4, 0.5) is 5.69 Å². The molecule has 132 valence electrons. The summed E-state index contributed by atoms with van der Waals surface area (Å²) < 4.78 is 0.947. The lowest BCUT2D eigenvalue weighted by Crippen LogP contribution is -2.71. The molecule has 1 amide bonds. The van der Waals surface area contributed by atoms with Crippen LogP contribution in [0, 0.1) is 20.8 Å². The second-order valence-electron chi connectivity index (χ2n) is 8.37. The van der Waals surface area contributed by atoms with Gasteiger partial charge in [0.05, 0.1) is 20.1 Å². The Kier molecular flexibility index (Phi) is 4.74. The van der Waals surface area contributed by atoms with Crippen molar-refractivity contribution in [2.45, 2.75) is 71.3 Å². The standard InChI is InChI=1S/C21H32N2O/c1-16-14-17(2)19(18(3)15-16)22-20(24)21(10-9-11-21)23(4)12-7-5-6-8-13-23/h14-15H,5-13H2,1-4H3/p+1. The Morgan fingerprint density at radius 3 is 1.96 bits per heavy atom. The van der Waals surface area contributed by atoms with Gasteiger partial charge in [-0.25, -0.2) is 0 Å². The fourth-order valence-corrected chi connectivity index (χ4v) is 4.95. The van der Waals surface area contributed by atoms with E-state index in [1.165, 1.54) is 48.8 Å². The zero-order chi connectivity index (χ0) is 17.4. The molecule has 0 spiro atoms. The maximum Gasteiger partial charge on any atom is 0.285 e.